The normalized spacial score (nSPS) is 12.4. The third-order valence-electron chi connectivity index (χ3n) is 3.43. The molecule has 0 saturated heterocycles. The van der Waals surface area contributed by atoms with Crippen LogP contribution in [0.4, 0.5) is 0 Å². The largest absolute Gasteiger partial charge is 0.481 e. The van der Waals surface area contributed by atoms with E-state index in [0.29, 0.717) is 23.1 Å². The topological polar surface area (TPSA) is 80.9 Å². The molecular weight excluding hydrogens is 268 g/mol. The molecule has 0 radical (unpaired) electrons. The summed E-state index contributed by atoms with van der Waals surface area (Å²) >= 11 is 0. The molecule has 1 aromatic carbocycles. The van der Waals surface area contributed by atoms with Gasteiger partial charge in [0.15, 0.2) is 5.65 Å². The summed E-state index contributed by atoms with van der Waals surface area (Å²) in [5, 5.41) is 14.3. The van der Waals surface area contributed by atoms with Gasteiger partial charge in [-0.3, -0.25) is 4.79 Å². The number of nitrogens with zero attached hydrogens (tertiary/aromatic N) is 4. The molecule has 0 amide bonds. The van der Waals surface area contributed by atoms with Gasteiger partial charge in [-0.05, 0) is 18.6 Å². The Morgan fingerprint density at radius 3 is 2.71 bits per heavy atom. The first-order valence-electron chi connectivity index (χ1n) is 6.69. The molecule has 6 heteroatoms. The molecule has 0 saturated carbocycles. The lowest BCUT2D eigenvalue weighted by Gasteiger charge is -2.09. The summed E-state index contributed by atoms with van der Waals surface area (Å²) in [5.41, 5.74) is 2.00. The monoisotopic (exact) mass is 282 g/mol. The summed E-state index contributed by atoms with van der Waals surface area (Å²) < 4.78 is 1.69. The second-order valence-corrected chi connectivity index (χ2v) is 4.69. The molecule has 0 aliphatic carbocycles. The van der Waals surface area contributed by atoms with E-state index >= 15 is 0 Å². The fourth-order valence-electron chi connectivity index (χ4n) is 2.38. The molecular formula is C15H14N4O2. The maximum absolute atomic E-state index is 11.4. The Labute approximate surface area is 121 Å². The van der Waals surface area contributed by atoms with Crippen molar-refractivity contribution in [1.82, 2.24) is 19.7 Å². The van der Waals surface area contributed by atoms with Crippen LogP contribution < -0.4 is 0 Å². The van der Waals surface area contributed by atoms with E-state index in [1.165, 1.54) is 6.33 Å². The number of aromatic nitrogens is 4. The molecule has 106 valence electrons. The fraction of sp³-hybridized carbons (Fsp3) is 0.200. The summed E-state index contributed by atoms with van der Waals surface area (Å²) in [6.45, 7) is 1.83. The van der Waals surface area contributed by atoms with E-state index in [2.05, 4.69) is 15.1 Å². The number of benzene rings is 1. The molecule has 0 bridgehead atoms. The molecule has 2 aromatic heterocycles. The predicted octanol–water partition coefficient (Wildman–Crippen LogP) is 2.39. The molecule has 1 atom stereocenters. The van der Waals surface area contributed by atoms with Crippen LogP contribution in [-0.4, -0.2) is 30.8 Å². The Bertz CT molecular complexity index is 783. The van der Waals surface area contributed by atoms with Gasteiger partial charge in [-0.2, -0.15) is 5.10 Å². The molecule has 0 spiro atoms. The Hall–Kier alpha value is -2.76. The summed E-state index contributed by atoms with van der Waals surface area (Å²) in [5.74, 6) is -1.53. The van der Waals surface area contributed by atoms with E-state index in [1.54, 1.807) is 10.9 Å². The van der Waals surface area contributed by atoms with Crippen molar-refractivity contribution in [3.05, 3.63) is 48.5 Å². The molecule has 0 aliphatic rings. The first-order chi connectivity index (χ1) is 10.2. The smallest absolute Gasteiger partial charge is 0.312 e. The SMILES string of the molecule is CCC(C(=O)O)c1ncnc2c1cnn2-c1ccccc1. The van der Waals surface area contributed by atoms with Gasteiger partial charge < -0.3 is 5.11 Å². The van der Waals surface area contributed by atoms with Gasteiger partial charge in [-0.1, -0.05) is 25.1 Å². The minimum atomic E-state index is -0.884. The number of hydrogen-bond donors (Lipinski definition) is 1. The van der Waals surface area contributed by atoms with Gasteiger partial charge in [0.05, 0.1) is 28.9 Å². The van der Waals surface area contributed by atoms with Crippen molar-refractivity contribution in [3.8, 4) is 5.69 Å². The minimum Gasteiger partial charge on any atom is -0.481 e. The molecule has 2 heterocycles. The van der Waals surface area contributed by atoms with Crippen LogP contribution in [0, 0.1) is 0 Å². The highest BCUT2D eigenvalue weighted by Gasteiger charge is 2.23. The summed E-state index contributed by atoms with van der Waals surface area (Å²) in [6, 6.07) is 9.59. The maximum Gasteiger partial charge on any atom is 0.312 e. The van der Waals surface area contributed by atoms with Gasteiger partial charge in [0.2, 0.25) is 0 Å². The van der Waals surface area contributed by atoms with Crippen LogP contribution in [0.2, 0.25) is 0 Å². The van der Waals surface area contributed by atoms with E-state index in [-0.39, 0.29) is 0 Å². The molecule has 6 nitrogen and oxygen atoms in total. The molecule has 1 unspecified atom stereocenters. The van der Waals surface area contributed by atoms with Crippen LogP contribution >= 0.6 is 0 Å². The number of carboxylic acid groups (broad SMARTS) is 1. The fourth-order valence-corrected chi connectivity index (χ4v) is 2.38. The number of hydrogen-bond acceptors (Lipinski definition) is 4. The number of rotatable bonds is 4. The highest BCUT2D eigenvalue weighted by atomic mass is 16.4. The lowest BCUT2D eigenvalue weighted by Crippen LogP contribution is -2.12. The van der Waals surface area contributed by atoms with Crippen LogP contribution in [0.1, 0.15) is 25.0 Å². The van der Waals surface area contributed by atoms with Crippen LogP contribution in [0.5, 0.6) is 0 Å². The Balaban J connectivity index is 2.19. The lowest BCUT2D eigenvalue weighted by molar-refractivity contribution is -0.138. The van der Waals surface area contributed by atoms with E-state index < -0.39 is 11.9 Å². The molecule has 0 fully saturated rings. The van der Waals surface area contributed by atoms with Crippen molar-refractivity contribution >= 4 is 17.0 Å². The van der Waals surface area contributed by atoms with Crippen LogP contribution in [0.25, 0.3) is 16.7 Å². The van der Waals surface area contributed by atoms with Crippen LogP contribution in [-0.2, 0) is 4.79 Å². The average Bonchev–Trinajstić information content (AvgIpc) is 2.93. The van der Waals surface area contributed by atoms with Gasteiger partial charge >= 0.3 is 5.97 Å². The van der Waals surface area contributed by atoms with E-state index in [4.69, 9.17) is 0 Å². The number of carboxylic acids is 1. The zero-order valence-corrected chi connectivity index (χ0v) is 11.5. The van der Waals surface area contributed by atoms with Crippen molar-refractivity contribution in [1.29, 1.82) is 0 Å². The Morgan fingerprint density at radius 2 is 2.05 bits per heavy atom. The third-order valence-corrected chi connectivity index (χ3v) is 3.43. The molecule has 3 rings (SSSR count). The van der Waals surface area contributed by atoms with Crippen molar-refractivity contribution in [3.63, 3.8) is 0 Å². The van der Waals surface area contributed by atoms with Crippen molar-refractivity contribution in [2.45, 2.75) is 19.3 Å². The Morgan fingerprint density at radius 1 is 1.29 bits per heavy atom. The first-order valence-corrected chi connectivity index (χ1v) is 6.69. The number of carbonyl (C=O) groups is 1. The van der Waals surface area contributed by atoms with Gasteiger partial charge in [0.1, 0.15) is 6.33 Å². The van der Waals surface area contributed by atoms with Crippen LogP contribution in [0.15, 0.2) is 42.9 Å². The lowest BCUT2D eigenvalue weighted by atomic mass is 10.0. The second kappa shape index (κ2) is 5.32. The zero-order chi connectivity index (χ0) is 14.8. The average molecular weight is 282 g/mol. The maximum atomic E-state index is 11.4. The summed E-state index contributed by atoms with van der Waals surface area (Å²) in [7, 11) is 0. The molecule has 21 heavy (non-hydrogen) atoms. The predicted molar refractivity (Wildman–Crippen MR) is 77.3 cm³/mol. The highest BCUT2D eigenvalue weighted by molar-refractivity contribution is 5.85. The van der Waals surface area contributed by atoms with Crippen molar-refractivity contribution in [2.75, 3.05) is 0 Å². The minimum absolute atomic E-state index is 0.470. The van der Waals surface area contributed by atoms with Crippen LogP contribution in [0.3, 0.4) is 0 Å². The third kappa shape index (κ3) is 2.24. The highest BCUT2D eigenvalue weighted by Crippen LogP contribution is 2.26. The molecule has 0 aliphatic heterocycles. The quantitative estimate of drug-likeness (QED) is 0.794. The standard InChI is InChI=1S/C15H14N4O2/c1-2-11(15(20)21)13-12-8-18-19(14(12)17-9-16-13)10-6-4-3-5-7-10/h3-9,11H,2H2,1H3,(H,20,21). The molecule has 1 N–H and O–H groups in total. The number of para-hydroxylation sites is 1. The second-order valence-electron chi connectivity index (χ2n) is 4.69. The number of fused-ring (bicyclic) bond motifs is 1. The summed E-state index contributed by atoms with van der Waals surface area (Å²) in [4.78, 5) is 19.8. The number of aliphatic carboxylic acids is 1. The van der Waals surface area contributed by atoms with Gasteiger partial charge in [-0.15, -0.1) is 0 Å². The van der Waals surface area contributed by atoms with Gasteiger partial charge in [-0.25, -0.2) is 14.6 Å². The van der Waals surface area contributed by atoms with Gasteiger partial charge in [0, 0.05) is 0 Å². The summed E-state index contributed by atoms with van der Waals surface area (Å²) in [6.07, 6.45) is 3.49. The molecule has 3 aromatic rings. The van der Waals surface area contributed by atoms with Gasteiger partial charge in [0.25, 0.3) is 0 Å². The van der Waals surface area contributed by atoms with Crippen molar-refractivity contribution < 1.29 is 9.90 Å². The first kappa shape index (κ1) is 13.2. The zero-order valence-electron chi connectivity index (χ0n) is 11.5. The van der Waals surface area contributed by atoms with E-state index in [0.717, 1.165) is 5.69 Å². The van der Waals surface area contributed by atoms with Crippen molar-refractivity contribution in [2.24, 2.45) is 0 Å². The van der Waals surface area contributed by atoms with E-state index in [1.807, 2.05) is 37.3 Å². The Kier molecular flexibility index (Phi) is 3.35. The van der Waals surface area contributed by atoms with E-state index in [9.17, 15) is 9.90 Å².